The number of Topliss-reactive ketones (excluding diaryl/α,β-unsaturated/α-hetero) is 1. The average Bonchev–Trinajstić information content (AvgIpc) is 2.69. The molecular formula is C22H22N2O3S. The maximum atomic E-state index is 12.3. The number of hydrogen-bond donors (Lipinski definition) is 1. The number of nitrogens with one attached hydrogen (secondary N) is 1. The van der Waals surface area contributed by atoms with Crippen molar-refractivity contribution in [1.29, 1.82) is 0 Å². The second-order valence-corrected chi connectivity index (χ2v) is 8.34. The quantitative estimate of drug-likeness (QED) is 0.599. The molecular weight excluding hydrogens is 372 g/mol. The topological polar surface area (TPSA) is 76.1 Å². The first-order chi connectivity index (χ1) is 13.5. The number of aromatic nitrogens is 1. The Morgan fingerprint density at radius 3 is 2.25 bits per heavy atom. The molecule has 0 spiro atoms. The Hall–Kier alpha value is -2.99. The monoisotopic (exact) mass is 394 g/mol. The van der Waals surface area contributed by atoms with Gasteiger partial charge in [-0.15, -0.1) is 0 Å². The van der Waals surface area contributed by atoms with Gasteiger partial charge >= 0.3 is 0 Å². The third-order valence-electron chi connectivity index (χ3n) is 4.24. The first-order valence-corrected chi connectivity index (χ1v) is 10.7. The van der Waals surface area contributed by atoms with Crippen LogP contribution in [0.5, 0.6) is 0 Å². The molecule has 0 saturated heterocycles. The fourth-order valence-electron chi connectivity index (χ4n) is 2.85. The van der Waals surface area contributed by atoms with E-state index in [-0.39, 0.29) is 11.5 Å². The average molecular weight is 394 g/mol. The zero-order chi connectivity index (χ0) is 19.8. The Morgan fingerprint density at radius 1 is 0.857 bits per heavy atom. The molecule has 0 bridgehead atoms. The van der Waals surface area contributed by atoms with Crippen LogP contribution in [0.15, 0.2) is 79.1 Å². The van der Waals surface area contributed by atoms with E-state index in [1.165, 1.54) is 0 Å². The number of hydrogen-bond acceptors (Lipinski definition) is 4. The van der Waals surface area contributed by atoms with Crippen LogP contribution in [0.25, 0.3) is 0 Å². The Morgan fingerprint density at radius 2 is 1.57 bits per heavy atom. The number of anilines is 1. The summed E-state index contributed by atoms with van der Waals surface area (Å²) < 4.78 is 27.1. The van der Waals surface area contributed by atoms with Crippen LogP contribution in [0.3, 0.4) is 0 Å². The summed E-state index contributed by atoms with van der Waals surface area (Å²) in [5, 5.41) is 0. The van der Waals surface area contributed by atoms with Crippen molar-refractivity contribution in [3.05, 3.63) is 95.8 Å². The smallest absolute Gasteiger partial charge is 0.236 e. The van der Waals surface area contributed by atoms with Crippen LogP contribution in [0, 0.1) is 0 Å². The summed E-state index contributed by atoms with van der Waals surface area (Å²) in [5.41, 5.74) is 3.12. The molecule has 1 heterocycles. The SMILES string of the molecule is O=C(CCc1cccnc1)Cc1ccc(NS(=O)(=O)Cc2ccccc2)cc1. The third-order valence-corrected chi connectivity index (χ3v) is 5.50. The number of carbonyl (C=O) groups is 1. The van der Waals surface area contributed by atoms with E-state index >= 15 is 0 Å². The van der Waals surface area contributed by atoms with Gasteiger partial charge in [0.05, 0.1) is 5.75 Å². The van der Waals surface area contributed by atoms with Gasteiger partial charge in [-0.25, -0.2) is 8.42 Å². The number of pyridine rings is 1. The van der Waals surface area contributed by atoms with Crippen molar-refractivity contribution in [1.82, 2.24) is 4.98 Å². The van der Waals surface area contributed by atoms with Gasteiger partial charge in [0.1, 0.15) is 5.78 Å². The molecule has 0 atom stereocenters. The maximum absolute atomic E-state index is 12.3. The van der Waals surface area contributed by atoms with Crippen molar-refractivity contribution in [2.75, 3.05) is 4.72 Å². The first-order valence-electron chi connectivity index (χ1n) is 9.04. The molecule has 0 aliphatic heterocycles. The first kappa shape index (κ1) is 19.8. The summed E-state index contributed by atoms with van der Waals surface area (Å²) in [6.45, 7) is 0. The van der Waals surface area contributed by atoms with E-state index in [1.54, 1.807) is 48.8 Å². The molecule has 1 N–H and O–H groups in total. The van der Waals surface area contributed by atoms with Crippen LogP contribution < -0.4 is 4.72 Å². The van der Waals surface area contributed by atoms with Crippen molar-refractivity contribution in [2.45, 2.75) is 25.0 Å². The van der Waals surface area contributed by atoms with E-state index in [9.17, 15) is 13.2 Å². The molecule has 2 aromatic carbocycles. The van der Waals surface area contributed by atoms with E-state index in [4.69, 9.17) is 0 Å². The van der Waals surface area contributed by atoms with E-state index < -0.39 is 10.0 Å². The molecule has 144 valence electrons. The maximum Gasteiger partial charge on any atom is 0.236 e. The van der Waals surface area contributed by atoms with E-state index in [2.05, 4.69) is 9.71 Å². The molecule has 0 amide bonds. The minimum absolute atomic E-state index is 0.0809. The van der Waals surface area contributed by atoms with Gasteiger partial charge in [0, 0.05) is 30.9 Å². The summed E-state index contributed by atoms with van der Waals surface area (Å²) in [6, 6.07) is 19.8. The zero-order valence-corrected chi connectivity index (χ0v) is 16.2. The predicted octanol–water partition coefficient (Wildman–Crippen LogP) is 3.77. The van der Waals surface area contributed by atoms with E-state index in [0.29, 0.717) is 24.9 Å². The number of rotatable bonds is 9. The van der Waals surface area contributed by atoms with Crippen LogP contribution in [0.2, 0.25) is 0 Å². The summed E-state index contributed by atoms with van der Waals surface area (Å²) in [5.74, 6) is 0.0591. The molecule has 6 heteroatoms. The molecule has 3 aromatic rings. The highest BCUT2D eigenvalue weighted by Crippen LogP contribution is 2.15. The van der Waals surface area contributed by atoms with Gasteiger partial charge in [-0.3, -0.25) is 14.5 Å². The summed E-state index contributed by atoms with van der Waals surface area (Å²) in [7, 11) is -3.49. The molecule has 0 aliphatic carbocycles. The Balaban J connectivity index is 1.52. The Kier molecular flexibility index (Phi) is 6.55. The van der Waals surface area contributed by atoms with Crippen molar-refractivity contribution < 1.29 is 13.2 Å². The molecule has 5 nitrogen and oxygen atoms in total. The molecule has 0 radical (unpaired) electrons. The van der Waals surface area contributed by atoms with Gasteiger partial charge in [-0.05, 0) is 41.3 Å². The number of sulfonamides is 1. The second kappa shape index (κ2) is 9.28. The minimum atomic E-state index is -3.49. The summed E-state index contributed by atoms with van der Waals surface area (Å²) in [6.07, 6.45) is 4.93. The van der Waals surface area contributed by atoms with Gasteiger partial charge in [-0.2, -0.15) is 0 Å². The summed E-state index contributed by atoms with van der Waals surface area (Å²) in [4.78, 5) is 16.2. The molecule has 0 fully saturated rings. The molecule has 0 saturated carbocycles. The third kappa shape index (κ3) is 6.32. The number of carbonyl (C=O) groups excluding carboxylic acids is 1. The zero-order valence-electron chi connectivity index (χ0n) is 15.4. The number of aryl methyl sites for hydroxylation is 1. The van der Waals surface area contributed by atoms with Crippen LogP contribution >= 0.6 is 0 Å². The van der Waals surface area contributed by atoms with E-state index in [1.807, 2.05) is 30.3 Å². The highest BCUT2D eigenvalue weighted by molar-refractivity contribution is 7.91. The summed E-state index contributed by atoms with van der Waals surface area (Å²) >= 11 is 0. The fourth-order valence-corrected chi connectivity index (χ4v) is 4.04. The predicted molar refractivity (Wildman–Crippen MR) is 110 cm³/mol. The van der Waals surface area contributed by atoms with Crippen LogP contribution in [0.1, 0.15) is 23.1 Å². The van der Waals surface area contributed by atoms with Crippen molar-refractivity contribution in [3.63, 3.8) is 0 Å². The largest absolute Gasteiger partial charge is 0.299 e. The fraction of sp³-hybridized carbons (Fsp3) is 0.182. The van der Waals surface area contributed by atoms with Crippen molar-refractivity contribution in [3.8, 4) is 0 Å². The second-order valence-electron chi connectivity index (χ2n) is 6.62. The lowest BCUT2D eigenvalue weighted by Gasteiger charge is -2.09. The lowest BCUT2D eigenvalue weighted by molar-refractivity contribution is -0.118. The van der Waals surface area contributed by atoms with E-state index in [0.717, 1.165) is 16.7 Å². The Labute approximate surface area is 165 Å². The lowest BCUT2D eigenvalue weighted by atomic mass is 10.0. The molecule has 1 aromatic heterocycles. The molecule has 0 unspecified atom stereocenters. The van der Waals surface area contributed by atoms with Gasteiger partial charge < -0.3 is 0 Å². The van der Waals surface area contributed by atoms with Crippen LogP contribution in [0.4, 0.5) is 5.69 Å². The lowest BCUT2D eigenvalue weighted by Crippen LogP contribution is -2.15. The molecule has 0 aliphatic rings. The van der Waals surface area contributed by atoms with Gasteiger partial charge in [0.2, 0.25) is 10.0 Å². The standard InChI is InChI=1S/C22H22N2O3S/c25-22(13-10-19-7-4-14-23-16-19)15-18-8-11-21(12-9-18)24-28(26,27)17-20-5-2-1-3-6-20/h1-9,11-12,14,16,24H,10,13,15,17H2. The minimum Gasteiger partial charge on any atom is -0.299 e. The highest BCUT2D eigenvalue weighted by atomic mass is 32.2. The molecule has 28 heavy (non-hydrogen) atoms. The van der Waals surface area contributed by atoms with Gasteiger partial charge in [0.15, 0.2) is 0 Å². The van der Waals surface area contributed by atoms with Crippen LogP contribution in [-0.2, 0) is 33.4 Å². The number of nitrogens with zero attached hydrogens (tertiary/aromatic N) is 1. The molecule has 3 rings (SSSR count). The number of ketones is 1. The highest BCUT2D eigenvalue weighted by Gasteiger charge is 2.12. The van der Waals surface area contributed by atoms with Gasteiger partial charge in [0.25, 0.3) is 0 Å². The van der Waals surface area contributed by atoms with Crippen LogP contribution in [-0.4, -0.2) is 19.2 Å². The van der Waals surface area contributed by atoms with Gasteiger partial charge in [-0.1, -0.05) is 48.5 Å². The van der Waals surface area contributed by atoms with Crippen molar-refractivity contribution >= 4 is 21.5 Å². The Bertz CT molecular complexity index is 1000. The van der Waals surface area contributed by atoms with Crippen molar-refractivity contribution in [2.24, 2.45) is 0 Å². The number of benzene rings is 2. The normalized spacial score (nSPS) is 11.1.